The van der Waals surface area contributed by atoms with Gasteiger partial charge in [0.05, 0.1) is 17.5 Å². The lowest BCUT2D eigenvalue weighted by Crippen LogP contribution is -2.40. The van der Waals surface area contributed by atoms with Crippen LogP contribution < -0.4 is 10.6 Å². The number of ether oxygens (including phenoxy) is 1. The first kappa shape index (κ1) is 12.2. The molecule has 2 rings (SSSR count). The molecule has 0 radical (unpaired) electrons. The third kappa shape index (κ3) is 2.72. The summed E-state index contributed by atoms with van der Waals surface area (Å²) in [6.07, 6.45) is 2.70. The van der Waals surface area contributed by atoms with Crippen LogP contribution in [-0.4, -0.2) is 25.8 Å². The topological polar surface area (TPSA) is 38.5 Å². The molecule has 0 aromatic heterocycles. The van der Waals surface area contributed by atoms with Gasteiger partial charge in [-0.15, -0.1) is 0 Å². The molecule has 1 saturated heterocycles. The van der Waals surface area contributed by atoms with Crippen LogP contribution in [0.4, 0.5) is 11.4 Å². The molecular formula is C14H22N2O. The van der Waals surface area contributed by atoms with Crippen LogP contribution in [0.25, 0.3) is 0 Å². The third-order valence-corrected chi connectivity index (χ3v) is 3.42. The number of nitrogen functional groups attached to an aromatic ring is 1. The molecule has 3 nitrogen and oxygen atoms in total. The fourth-order valence-corrected chi connectivity index (χ4v) is 2.47. The first-order valence-electron chi connectivity index (χ1n) is 6.44. The number of piperidine rings is 1. The molecule has 0 bridgehead atoms. The van der Waals surface area contributed by atoms with Gasteiger partial charge in [0.15, 0.2) is 0 Å². The van der Waals surface area contributed by atoms with Gasteiger partial charge in [-0.25, -0.2) is 0 Å². The average Bonchev–Trinajstić information content (AvgIpc) is 2.33. The highest BCUT2D eigenvalue weighted by atomic mass is 16.5. The molecule has 1 fully saturated rings. The predicted molar refractivity (Wildman–Crippen MR) is 72.5 cm³/mol. The van der Waals surface area contributed by atoms with E-state index in [9.17, 15) is 0 Å². The molecule has 1 aliphatic heterocycles. The Balaban J connectivity index is 2.13. The first-order chi connectivity index (χ1) is 8.22. The lowest BCUT2D eigenvalue weighted by Gasteiger charge is -2.35. The van der Waals surface area contributed by atoms with E-state index in [4.69, 9.17) is 10.5 Å². The summed E-state index contributed by atoms with van der Waals surface area (Å²) in [4.78, 5) is 2.35. The average molecular weight is 234 g/mol. The molecule has 0 amide bonds. The van der Waals surface area contributed by atoms with E-state index >= 15 is 0 Å². The Labute approximate surface area is 104 Å². The Hall–Kier alpha value is -1.22. The SMILES string of the molecule is CCOC1CCCN(c2cccc(C)c2N)C1. The van der Waals surface area contributed by atoms with Crippen molar-refractivity contribution in [3.05, 3.63) is 23.8 Å². The summed E-state index contributed by atoms with van der Waals surface area (Å²) in [5.41, 5.74) is 9.37. The van der Waals surface area contributed by atoms with Gasteiger partial charge >= 0.3 is 0 Å². The zero-order valence-corrected chi connectivity index (χ0v) is 10.8. The van der Waals surface area contributed by atoms with Crippen molar-refractivity contribution < 1.29 is 4.74 Å². The number of hydrogen-bond donors (Lipinski definition) is 1. The summed E-state index contributed by atoms with van der Waals surface area (Å²) in [6, 6.07) is 6.24. The zero-order valence-electron chi connectivity index (χ0n) is 10.8. The lowest BCUT2D eigenvalue weighted by molar-refractivity contribution is 0.0527. The molecule has 17 heavy (non-hydrogen) atoms. The minimum Gasteiger partial charge on any atom is -0.397 e. The monoisotopic (exact) mass is 234 g/mol. The summed E-state index contributed by atoms with van der Waals surface area (Å²) in [6.45, 7) is 6.95. The van der Waals surface area contributed by atoms with Crippen LogP contribution in [0.2, 0.25) is 0 Å². The predicted octanol–water partition coefficient (Wildman–Crippen LogP) is 2.58. The number of rotatable bonds is 3. The summed E-state index contributed by atoms with van der Waals surface area (Å²) < 4.78 is 5.72. The number of nitrogens with zero attached hydrogens (tertiary/aromatic N) is 1. The van der Waals surface area contributed by atoms with Crippen molar-refractivity contribution in [2.75, 3.05) is 30.3 Å². The summed E-state index contributed by atoms with van der Waals surface area (Å²) >= 11 is 0. The molecule has 2 N–H and O–H groups in total. The maximum Gasteiger partial charge on any atom is 0.0750 e. The van der Waals surface area contributed by atoms with Gasteiger partial charge in [-0.2, -0.15) is 0 Å². The largest absolute Gasteiger partial charge is 0.397 e. The van der Waals surface area contributed by atoms with Crippen molar-refractivity contribution in [3.63, 3.8) is 0 Å². The summed E-state index contributed by atoms with van der Waals surface area (Å²) in [5.74, 6) is 0. The van der Waals surface area contributed by atoms with E-state index in [1.54, 1.807) is 0 Å². The second kappa shape index (κ2) is 5.41. The minimum atomic E-state index is 0.355. The molecule has 3 heteroatoms. The van der Waals surface area contributed by atoms with Crippen molar-refractivity contribution in [2.24, 2.45) is 0 Å². The van der Waals surface area contributed by atoms with Gasteiger partial charge in [-0.1, -0.05) is 12.1 Å². The quantitative estimate of drug-likeness (QED) is 0.817. The van der Waals surface area contributed by atoms with Gasteiger partial charge in [0.2, 0.25) is 0 Å². The molecule has 1 aliphatic rings. The molecule has 94 valence electrons. The van der Waals surface area contributed by atoms with Gasteiger partial charge in [0.1, 0.15) is 0 Å². The number of hydrogen-bond acceptors (Lipinski definition) is 3. The van der Waals surface area contributed by atoms with Crippen LogP contribution >= 0.6 is 0 Å². The van der Waals surface area contributed by atoms with E-state index in [-0.39, 0.29) is 0 Å². The number of nitrogens with two attached hydrogens (primary N) is 1. The van der Waals surface area contributed by atoms with Gasteiger partial charge in [-0.05, 0) is 38.3 Å². The van der Waals surface area contributed by atoms with E-state index in [0.717, 1.165) is 43.1 Å². The molecule has 0 spiro atoms. The number of benzene rings is 1. The lowest BCUT2D eigenvalue weighted by atomic mass is 10.1. The fraction of sp³-hybridized carbons (Fsp3) is 0.571. The van der Waals surface area contributed by atoms with Crippen molar-refractivity contribution in [2.45, 2.75) is 32.8 Å². The van der Waals surface area contributed by atoms with E-state index in [0.29, 0.717) is 6.10 Å². The number of aryl methyl sites for hydroxylation is 1. The summed E-state index contributed by atoms with van der Waals surface area (Å²) in [5, 5.41) is 0. The highest BCUT2D eigenvalue weighted by Gasteiger charge is 2.21. The van der Waals surface area contributed by atoms with Crippen LogP contribution in [0.5, 0.6) is 0 Å². The molecule has 1 aromatic carbocycles. The Kier molecular flexibility index (Phi) is 3.89. The minimum absolute atomic E-state index is 0.355. The fourth-order valence-electron chi connectivity index (χ4n) is 2.47. The molecule has 1 atom stereocenters. The Morgan fingerprint density at radius 1 is 1.47 bits per heavy atom. The van der Waals surface area contributed by atoms with Gasteiger partial charge in [0, 0.05) is 19.7 Å². The van der Waals surface area contributed by atoms with Crippen molar-refractivity contribution in [1.82, 2.24) is 0 Å². The second-order valence-corrected chi connectivity index (χ2v) is 4.67. The van der Waals surface area contributed by atoms with Crippen LogP contribution in [0.15, 0.2) is 18.2 Å². The van der Waals surface area contributed by atoms with Crippen molar-refractivity contribution >= 4 is 11.4 Å². The molecule has 1 heterocycles. The summed E-state index contributed by atoms with van der Waals surface area (Å²) in [7, 11) is 0. The normalized spacial score (nSPS) is 20.6. The third-order valence-electron chi connectivity index (χ3n) is 3.42. The van der Waals surface area contributed by atoms with Crippen LogP contribution in [0, 0.1) is 6.92 Å². The van der Waals surface area contributed by atoms with E-state index in [1.807, 2.05) is 0 Å². The standard InChI is InChI=1S/C14H22N2O/c1-3-17-12-7-5-9-16(10-12)13-8-4-6-11(2)14(13)15/h4,6,8,12H,3,5,7,9-10,15H2,1-2H3. The molecule has 1 unspecified atom stereocenters. The first-order valence-corrected chi connectivity index (χ1v) is 6.44. The second-order valence-electron chi connectivity index (χ2n) is 4.67. The Morgan fingerprint density at radius 3 is 3.06 bits per heavy atom. The van der Waals surface area contributed by atoms with E-state index in [1.165, 1.54) is 6.42 Å². The molecule has 0 aliphatic carbocycles. The highest BCUT2D eigenvalue weighted by molar-refractivity contribution is 5.71. The Bertz CT molecular complexity index is 376. The van der Waals surface area contributed by atoms with Crippen LogP contribution in [0.1, 0.15) is 25.3 Å². The van der Waals surface area contributed by atoms with E-state index < -0.39 is 0 Å². The van der Waals surface area contributed by atoms with Crippen molar-refractivity contribution in [3.8, 4) is 0 Å². The van der Waals surface area contributed by atoms with Crippen molar-refractivity contribution in [1.29, 1.82) is 0 Å². The number of anilines is 2. The smallest absolute Gasteiger partial charge is 0.0750 e. The maximum absolute atomic E-state index is 6.15. The molecule has 0 saturated carbocycles. The highest BCUT2D eigenvalue weighted by Crippen LogP contribution is 2.29. The zero-order chi connectivity index (χ0) is 12.3. The van der Waals surface area contributed by atoms with Gasteiger partial charge in [0.25, 0.3) is 0 Å². The number of para-hydroxylation sites is 1. The maximum atomic E-state index is 6.15. The van der Waals surface area contributed by atoms with Crippen LogP contribution in [-0.2, 0) is 4.74 Å². The molecule has 1 aromatic rings. The molecular weight excluding hydrogens is 212 g/mol. The van der Waals surface area contributed by atoms with Gasteiger partial charge < -0.3 is 15.4 Å². The Morgan fingerprint density at radius 2 is 2.29 bits per heavy atom. The van der Waals surface area contributed by atoms with Crippen LogP contribution in [0.3, 0.4) is 0 Å². The van der Waals surface area contributed by atoms with Gasteiger partial charge in [-0.3, -0.25) is 0 Å². The van der Waals surface area contributed by atoms with E-state index in [2.05, 4.69) is 36.9 Å².